The number of allylic oxidation sites excluding steroid dienone is 19. The molecule has 0 fully saturated rings. The molecule has 72 heavy (non-hydrogen) atoms. The summed E-state index contributed by atoms with van der Waals surface area (Å²) in [7, 11) is 0. The highest BCUT2D eigenvalue weighted by Gasteiger charge is 2.19. The van der Waals surface area contributed by atoms with Crippen LogP contribution < -0.4 is 0 Å². The predicted octanol–water partition coefficient (Wildman–Crippen LogP) is 20.0. The van der Waals surface area contributed by atoms with Crippen LogP contribution in [0.15, 0.2) is 122 Å². The summed E-state index contributed by atoms with van der Waals surface area (Å²) in [5.41, 5.74) is 0. The lowest BCUT2D eigenvalue weighted by Crippen LogP contribution is -2.30. The van der Waals surface area contributed by atoms with E-state index in [1.54, 1.807) is 6.08 Å². The third-order valence-electron chi connectivity index (χ3n) is 12.2. The highest BCUT2D eigenvalue weighted by atomic mass is 16.6. The minimum atomic E-state index is -0.829. The first-order valence-corrected chi connectivity index (χ1v) is 29.5. The molecule has 0 saturated heterocycles. The molecule has 0 N–H and O–H groups in total. The zero-order valence-electron chi connectivity index (χ0n) is 46.7. The maximum atomic E-state index is 12.7. The maximum absolute atomic E-state index is 12.7. The van der Waals surface area contributed by atoms with Gasteiger partial charge in [0.2, 0.25) is 0 Å². The van der Waals surface area contributed by atoms with Gasteiger partial charge in [0.05, 0.1) is 6.42 Å². The van der Waals surface area contributed by atoms with Crippen LogP contribution in [0.3, 0.4) is 0 Å². The van der Waals surface area contributed by atoms with Crippen molar-refractivity contribution in [1.82, 2.24) is 0 Å². The van der Waals surface area contributed by atoms with Gasteiger partial charge in [-0.1, -0.05) is 271 Å². The van der Waals surface area contributed by atoms with Gasteiger partial charge in [-0.15, -0.1) is 0 Å². The third kappa shape index (κ3) is 56.7. The summed E-state index contributed by atoms with van der Waals surface area (Å²) in [6, 6.07) is 0. The quantitative estimate of drug-likeness (QED) is 0.0261. The molecule has 0 saturated carbocycles. The number of rotatable bonds is 52. The Morgan fingerprint density at radius 3 is 0.917 bits per heavy atom. The van der Waals surface area contributed by atoms with Crippen LogP contribution in [0.2, 0.25) is 0 Å². The van der Waals surface area contributed by atoms with Gasteiger partial charge in [0.1, 0.15) is 13.2 Å². The van der Waals surface area contributed by atoms with Crippen LogP contribution in [-0.2, 0) is 28.6 Å². The second-order valence-electron chi connectivity index (χ2n) is 19.2. The van der Waals surface area contributed by atoms with Crippen molar-refractivity contribution < 1.29 is 28.6 Å². The van der Waals surface area contributed by atoms with Gasteiger partial charge in [-0.25, -0.2) is 0 Å². The molecule has 0 spiro atoms. The van der Waals surface area contributed by atoms with Crippen LogP contribution in [0.1, 0.15) is 258 Å². The normalized spacial score (nSPS) is 13.0. The fourth-order valence-electron chi connectivity index (χ4n) is 7.90. The summed E-state index contributed by atoms with van der Waals surface area (Å²) in [6.07, 6.45) is 82.7. The number of carbonyl (C=O) groups is 3. The summed E-state index contributed by atoms with van der Waals surface area (Å²) < 4.78 is 16.6. The van der Waals surface area contributed by atoms with Gasteiger partial charge < -0.3 is 14.2 Å². The molecule has 6 nitrogen and oxygen atoms in total. The van der Waals surface area contributed by atoms with Crippen molar-refractivity contribution in [2.45, 2.75) is 264 Å². The summed E-state index contributed by atoms with van der Waals surface area (Å²) in [5, 5.41) is 0. The van der Waals surface area contributed by atoms with Crippen molar-refractivity contribution in [2.75, 3.05) is 13.2 Å². The molecule has 0 heterocycles. The number of carbonyl (C=O) groups excluding carboxylic acids is 3. The predicted molar refractivity (Wildman–Crippen MR) is 311 cm³/mol. The molecule has 0 aromatic carbocycles. The third-order valence-corrected chi connectivity index (χ3v) is 12.2. The molecule has 0 aromatic heterocycles. The van der Waals surface area contributed by atoms with Crippen LogP contribution in [0.5, 0.6) is 0 Å². The molecule has 0 amide bonds. The van der Waals surface area contributed by atoms with Crippen molar-refractivity contribution in [3.8, 4) is 0 Å². The number of unbranched alkanes of at least 4 members (excludes halogenated alkanes) is 22. The van der Waals surface area contributed by atoms with Crippen molar-refractivity contribution in [2.24, 2.45) is 0 Å². The van der Waals surface area contributed by atoms with E-state index in [0.717, 1.165) is 103 Å². The molecule has 1 atom stereocenters. The molecule has 0 aliphatic heterocycles. The van der Waals surface area contributed by atoms with E-state index in [2.05, 4.69) is 130 Å². The van der Waals surface area contributed by atoms with E-state index in [1.165, 1.54) is 116 Å². The average molecular weight is 998 g/mol. The Bertz CT molecular complexity index is 1520. The molecular formula is C66H108O6. The standard InChI is InChI=1S/C66H108O6/c1-4-7-10-13-16-18-20-22-24-25-26-27-28-29-30-31-32-33-34-35-36-37-38-39-40-41-43-44-46-48-50-53-56-59-65(68)71-62-63(61-70-64(67)58-55-52-15-12-9-6-3)72-66(69)60-57-54-51-49-47-45-42-23-21-19-17-14-11-8-5-2/h7-8,10-11,16-19,22-24,26-27,29-30,42,47,49,54,57,63H,4-6,9,12-15,20-21,25,28,31-41,43-46,48,50-53,55-56,58-62H2,1-3H3/b10-7-,11-8-,18-16-,19-17-,24-22-,27-26-,30-29-,42-23-,49-47-,57-54-. The van der Waals surface area contributed by atoms with Crippen LogP contribution in [0.25, 0.3) is 0 Å². The van der Waals surface area contributed by atoms with Gasteiger partial charge in [-0.05, 0) is 89.9 Å². The minimum absolute atomic E-state index is 0.0959. The Balaban J connectivity index is 4.06. The van der Waals surface area contributed by atoms with Crippen LogP contribution in [-0.4, -0.2) is 37.2 Å². The Hall–Kier alpha value is -4.19. The van der Waals surface area contributed by atoms with Gasteiger partial charge in [0.25, 0.3) is 0 Å². The molecular weight excluding hydrogens is 889 g/mol. The minimum Gasteiger partial charge on any atom is -0.462 e. The van der Waals surface area contributed by atoms with Crippen LogP contribution >= 0.6 is 0 Å². The zero-order valence-corrected chi connectivity index (χ0v) is 46.7. The Labute approximate surface area is 443 Å². The molecule has 0 aliphatic carbocycles. The monoisotopic (exact) mass is 997 g/mol. The molecule has 6 heteroatoms. The lowest BCUT2D eigenvalue weighted by atomic mass is 10.0. The lowest BCUT2D eigenvalue weighted by Gasteiger charge is -2.18. The Kier molecular flexibility index (Phi) is 55.9. The summed E-state index contributed by atoms with van der Waals surface area (Å²) >= 11 is 0. The SMILES string of the molecule is CC/C=C\C/C=C\C/C=C\C/C=C\C/C=C\CCCCCCCCCCCCCCCCCCCC(=O)OCC(COC(=O)CCCCCCCC)OC(=O)C/C=C\C/C=C\C/C=C\C/C=C\C/C=C\CC. The first-order chi connectivity index (χ1) is 35.5. The van der Waals surface area contributed by atoms with E-state index in [1.807, 2.05) is 6.08 Å². The number of hydrogen-bond acceptors (Lipinski definition) is 6. The van der Waals surface area contributed by atoms with E-state index in [0.29, 0.717) is 12.8 Å². The van der Waals surface area contributed by atoms with Gasteiger partial charge in [-0.2, -0.15) is 0 Å². The summed E-state index contributed by atoms with van der Waals surface area (Å²) in [4.78, 5) is 37.8. The molecule has 0 rings (SSSR count). The smallest absolute Gasteiger partial charge is 0.310 e. The van der Waals surface area contributed by atoms with Crippen LogP contribution in [0, 0.1) is 0 Å². The van der Waals surface area contributed by atoms with E-state index in [4.69, 9.17) is 14.2 Å². The lowest BCUT2D eigenvalue weighted by molar-refractivity contribution is -0.166. The van der Waals surface area contributed by atoms with Gasteiger partial charge in [0.15, 0.2) is 6.10 Å². The molecule has 0 radical (unpaired) electrons. The Morgan fingerprint density at radius 1 is 0.306 bits per heavy atom. The largest absolute Gasteiger partial charge is 0.462 e. The maximum Gasteiger partial charge on any atom is 0.310 e. The van der Waals surface area contributed by atoms with E-state index < -0.39 is 12.1 Å². The number of esters is 3. The first-order valence-electron chi connectivity index (χ1n) is 29.5. The highest BCUT2D eigenvalue weighted by molar-refractivity contribution is 5.72. The van der Waals surface area contributed by atoms with Crippen LogP contribution in [0.4, 0.5) is 0 Å². The van der Waals surface area contributed by atoms with E-state index >= 15 is 0 Å². The fraction of sp³-hybridized carbons (Fsp3) is 0.652. The van der Waals surface area contributed by atoms with Crippen molar-refractivity contribution in [3.05, 3.63) is 122 Å². The molecule has 408 valence electrons. The topological polar surface area (TPSA) is 78.9 Å². The molecule has 0 aromatic rings. The van der Waals surface area contributed by atoms with Gasteiger partial charge in [-0.3, -0.25) is 14.4 Å². The second-order valence-corrected chi connectivity index (χ2v) is 19.2. The van der Waals surface area contributed by atoms with Crippen molar-refractivity contribution in [1.29, 1.82) is 0 Å². The van der Waals surface area contributed by atoms with E-state index in [9.17, 15) is 14.4 Å². The number of hydrogen-bond donors (Lipinski definition) is 0. The first kappa shape index (κ1) is 67.8. The van der Waals surface area contributed by atoms with Gasteiger partial charge in [0, 0.05) is 12.8 Å². The number of ether oxygens (including phenoxy) is 3. The van der Waals surface area contributed by atoms with Crippen molar-refractivity contribution in [3.63, 3.8) is 0 Å². The second kappa shape index (κ2) is 59.4. The molecule has 0 bridgehead atoms. The summed E-state index contributed by atoms with van der Waals surface area (Å²) in [6.45, 7) is 6.26. The highest BCUT2D eigenvalue weighted by Crippen LogP contribution is 2.16. The zero-order chi connectivity index (χ0) is 52.2. The average Bonchev–Trinajstić information content (AvgIpc) is 3.38. The molecule has 1 unspecified atom stereocenters. The Morgan fingerprint density at radius 2 is 0.583 bits per heavy atom. The fourth-order valence-corrected chi connectivity index (χ4v) is 7.90. The van der Waals surface area contributed by atoms with Crippen molar-refractivity contribution >= 4 is 17.9 Å². The van der Waals surface area contributed by atoms with E-state index in [-0.39, 0.29) is 31.6 Å². The molecule has 0 aliphatic rings. The summed E-state index contributed by atoms with van der Waals surface area (Å²) in [5.74, 6) is -1.06. The van der Waals surface area contributed by atoms with Gasteiger partial charge >= 0.3 is 17.9 Å².